The summed E-state index contributed by atoms with van der Waals surface area (Å²) in [5.41, 5.74) is 0. The fourth-order valence-electron chi connectivity index (χ4n) is 3.00. The van der Waals surface area contributed by atoms with Gasteiger partial charge < -0.3 is 13.3 Å². The van der Waals surface area contributed by atoms with Crippen LogP contribution in [0.2, 0.25) is 42.3 Å². The van der Waals surface area contributed by atoms with Crippen LogP contribution in [0.1, 0.15) is 41.5 Å². The lowest BCUT2D eigenvalue weighted by atomic mass is 10.7. The molecule has 0 aliphatic heterocycles. The summed E-state index contributed by atoms with van der Waals surface area (Å²) in [4.78, 5) is 0. The van der Waals surface area contributed by atoms with Gasteiger partial charge in [-0.1, -0.05) is 47.6 Å². The fourth-order valence-corrected chi connectivity index (χ4v) is 9.13. The van der Waals surface area contributed by atoms with E-state index in [4.69, 9.17) is 13.3 Å². The first-order valence-electron chi connectivity index (χ1n) is 9.55. The zero-order valence-electron chi connectivity index (χ0n) is 16.5. The Balaban J connectivity index is 5.02. The number of allylic oxidation sites excluding steroid dienone is 1. The van der Waals surface area contributed by atoms with Gasteiger partial charge in [0.25, 0.3) is 0 Å². The molecule has 138 valence electrons. The molecule has 0 aromatic heterocycles. The van der Waals surface area contributed by atoms with E-state index in [9.17, 15) is 0 Å². The van der Waals surface area contributed by atoms with E-state index in [1.165, 1.54) is 0 Å². The zero-order chi connectivity index (χ0) is 17.8. The van der Waals surface area contributed by atoms with E-state index in [0.717, 1.165) is 42.3 Å². The van der Waals surface area contributed by atoms with Crippen LogP contribution in [0.4, 0.5) is 0 Å². The first-order valence-corrected chi connectivity index (χ1v) is 16.2. The Hall–Kier alpha value is 0.271. The summed E-state index contributed by atoms with van der Waals surface area (Å²) in [6.45, 7) is 18.0. The third-order valence-electron chi connectivity index (χ3n) is 5.35. The number of rotatable bonds is 15. The Morgan fingerprint density at radius 2 is 1.22 bits per heavy atom. The molecule has 3 nitrogen and oxygen atoms in total. The van der Waals surface area contributed by atoms with Crippen molar-refractivity contribution in [3.63, 3.8) is 0 Å². The molecule has 23 heavy (non-hydrogen) atoms. The minimum absolute atomic E-state index is 0.148. The Labute approximate surface area is 149 Å². The molecule has 0 spiro atoms. The van der Waals surface area contributed by atoms with Crippen LogP contribution >= 0.6 is 0 Å². The Morgan fingerprint density at radius 3 is 1.52 bits per heavy atom. The lowest BCUT2D eigenvalue weighted by molar-refractivity contribution is -0.0438. The van der Waals surface area contributed by atoms with Crippen LogP contribution in [0.15, 0.2) is 12.7 Å². The van der Waals surface area contributed by atoms with Gasteiger partial charge in [0, 0.05) is 0 Å². The van der Waals surface area contributed by atoms with Gasteiger partial charge in [0.15, 0.2) is 32.7 Å². The highest BCUT2D eigenvalue weighted by molar-refractivity contribution is 6.74. The second kappa shape index (κ2) is 12.6. The minimum atomic E-state index is -1.67. The van der Waals surface area contributed by atoms with E-state index < -0.39 is 26.4 Å². The predicted octanol–water partition coefficient (Wildman–Crippen LogP) is 5.06. The normalized spacial score (nSPS) is 13.3. The highest BCUT2D eigenvalue weighted by Gasteiger charge is 2.37. The van der Waals surface area contributed by atoms with Gasteiger partial charge in [0.05, 0.1) is 6.61 Å². The molecule has 6 heteroatoms. The van der Waals surface area contributed by atoms with Crippen molar-refractivity contribution in [3.05, 3.63) is 12.7 Å². The van der Waals surface area contributed by atoms with E-state index in [1.54, 1.807) is 0 Å². The van der Waals surface area contributed by atoms with Gasteiger partial charge in [-0.05, 0) is 42.3 Å². The highest BCUT2D eigenvalue weighted by atomic mass is 28.4. The average Bonchev–Trinajstić information content (AvgIpc) is 2.61. The maximum atomic E-state index is 6.65. The molecule has 0 unspecified atom stereocenters. The molecule has 0 aliphatic rings. The molecule has 0 radical (unpaired) electrons. The predicted molar refractivity (Wildman–Crippen MR) is 110 cm³/mol. The molecular weight excluding hydrogens is 336 g/mol. The average molecular weight is 377 g/mol. The van der Waals surface area contributed by atoms with Crippen LogP contribution in [0.5, 0.6) is 0 Å². The van der Waals surface area contributed by atoms with Gasteiger partial charge in [-0.25, -0.2) is 0 Å². The molecule has 0 aromatic rings. The SMILES string of the molecule is C=CC[SiH2]OCC(O[Si](CC)(CC)CC)O[Si](CC)(CC)CC. The molecule has 0 aromatic carbocycles. The van der Waals surface area contributed by atoms with Crippen molar-refractivity contribution in [2.45, 2.75) is 90.1 Å². The van der Waals surface area contributed by atoms with Crippen LogP contribution in [0.3, 0.4) is 0 Å². The highest BCUT2D eigenvalue weighted by Crippen LogP contribution is 2.28. The standard InChI is InChI=1S/C17H40O3Si3/c1-8-15-21-18-16-17(19-22(9-2,10-3)11-4)20-23(12-5,13-6)14-7/h8,17H,1,9-16,21H2,2-7H3. The lowest BCUT2D eigenvalue weighted by Gasteiger charge is -2.38. The van der Waals surface area contributed by atoms with Crippen molar-refractivity contribution < 1.29 is 13.3 Å². The van der Waals surface area contributed by atoms with Crippen molar-refractivity contribution in [2.75, 3.05) is 6.61 Å². The van der Waals surface area contributed by atoms with E-state index >= 15 is 0 Å². The van der Waals surface area contributed by atoms with Crippen molar-refractivity contribution in [2.24, 2.45) is 0 Å². The van der Waals surface area contributed by atoms with E-state index in [1.807, 2.05) is 6.08 Å². The first kappa shape index (κ1) is 23.3. The molecule has 0 rings (SSSR count). The van der Waals surface area contributed by atoms with Crippen molar-refractivity contribution >= 4 is 26.4 Å². The summed E-state index contributed by atoms with van der Waals surface area (Å²) in [7, 11) is -3.87. The molecule has 0 saturated heterocycles. The Bertz CT molecular complexity index is 267. The van der Waals surface area contributed by atoms with Gasteiger partial charge in [-0.2, -0.15) is 0 Å². The first-order chi connectivity index (χ1) is 11.0. The largest absolute Gasteiger partial charge is 0.419 e. The van der Waals surface area contributed by atoms with E-state index in [-0.39, 0.29) is 6.29 Å². The van der Waals surface area contributed by atoms with Crippen LogP contribution in [-0.2, 0) is 13.3 Å². The molecule has 0 N–H and O–H groups in total. The summed E-state index contributed by atoms with van der Waals surface area (Å²) in [6, 6.07) is 7.95. The minimum Gasteiger partial charge on any atom is -0.419 e. The summed E-state index contributed by atoms with van der Waals surface area (Å²) in [6.07, 6.45) is 1.81. The quantitative estimate of drug-likeness (QED) is 0.173. The molecule has 0 saturated carbocycles. The summed E-state index contributed by atoms with van der Waals surface area (Å²) < 4.78 is 19.3. The topological polar surface area (TPSA) is 27.7 Å². The Morgan fingerprint density at radius 1 is 0.826 bits per heavy atom. The Kier molecular flexibility index (Phi) is 12.8. The molecular formula is C17H40O3Si3. The summed E-state index contributed by atoms with van der Waals surface area (Å²) in [5.74, 6) is 0. The number of hydrogen-bond acceptors (Lipinski definition) is 3. The second-order valence-electron chi connectivity index (χ2n) is 6.30. The van der Waals surface area contributed by atoms with E-state index in [0.29, 0.717) is 6.61 Å². The third kappa shape index (κ3) is 7.79. The maximum absolute atomic E-state index is 6.65. The zero-order valence-corrected chi connectivity index (χ0v) is 19.9. The van der Waals surface area contributed by atoms with Crippen molar-refractivity contribution in [1.29, 1.82) is 0 Å². The van der Waals surface area contributed by atoms with Crippen LogP contribution in [-0.4, -0.2) is 39.3 Å². The summed E-state index contributed by atoms with van der Waals surface area (Å²) in [5, 5.41) is 0. The molecule has 0 bridgehead atoms. The van der Waals surface area contributed by atoms with Crippen LogP contribution < -0.4 is 0 Å². The van der Waals surface area contributed by atoms with Crippen molar-refractivity contribution in [1.82, 2.24) is 0 Å². The smallest absolute Gasteiger partial charge is 0.195 e. The number of hydrogen-bond donors (Lipinski definition) is 0. The monoisotopic (exact) mass is 376 g/mol. The molecule has 0 fully saturated rings. The molecule has 0 aliphatic carbocycles. The maximum Gasteiger partial charge on any atom is 0.195 e. The van der Waals surface area contributed by atoms with Crippen LogP contribution in [0, 0.1) is 0 Å². The summed E-state index contributed by atoms with van der Waals surface area (Å²) >= 11 is 0. The van der Waals surface area contributed by atoms with Gasteiger partial charge in [-0.15, -0.1) is 6.58 Å². The third-order valence-corrected chi connectivity index (χ3v) is 15.8. The van der Waals surface area contributed by atoms with Gasteiger partial charge in [-0.3, -0.25) is 0 Å². The molecule has 0 atom stereocenters. The second-order valence-corrected chi connectivity index (χ2v) is 17.1. The molecule has 0 amide bonds. The lowest BCUT2D eigenvalue weighted by Crippen LogP contribution is -2.48. The van der Waals surface area contributed by atoms with Gasteiger partial charge >= 0.3 is 0 Å². The fraction of sp³-hybridized carbons (Fsp3) is 0.882. The van der Waals surface area contributed by atoms with Crippen LogP contribution in [0.25, 0.3) is 0 Å². The van der Waals surface area contributed by atoms with E-state index in [2.05, 4.69) is 48.1 Å². The van der Waals surface area contributed by atoms with Crippen molar-refractivity contribution in [3.8, 4) is 0 Å². The van der Waals surface area contributed by atoms with Gasteiger partial charge in [0.2, 0.25) is 0 Å². The van der Waals surface area contributed by atoms with Gasteiger partial charge in [0.1, 0.15) is 0 Å². The molecule has 0 heterocycles.